The van der Waals surface area contributed by atoms with Gasteiger partial charge in [-0.2, -0.15) is 5.10 Å². The van der Waals surface area contributed by atoms with E-state index in [9.17, 15) is 4.79 Å². The molecule has 0 bridgehead atoms. The molecule has 0 spiro atoms. The van der Waals surface area contributed by atoms with Gasteiger partial charge in [0.15, 0.2) is 0 Å². The van der Waals surface area contributed by atoms with E-state index in [1.165, 1.54) is 0 Å². The van der Waals surface area contributed by atoms with Crippen molar-refractivity contribution in [3.05, 3.63) is 70.1 Å². The van der Waals surface area contributed by atoms with Crippen LogP contribution in [-0.2, 0) is 6.42 Å². The van der Waals surface area contributed by atoms with Crippen molar-refractivity contribution in [1.29, 1.82) is 0 Å². The predicted molar refractivity (Wildman–Crippen MR) is 87.4 cm³/mol. The second kappa shape index (κ2) is 6.70. The lowest BCUT2D eigenvalue weighted by Gasteiger charge is -2.05. The van der Waals surface area contributed by atoms with Gasteiger partial charge in [0.1, 0.15) is 0 Å². The summed E-state index contributed by atoms with van der Waals surface area (Å²) in [6.07, 6.45) is 0.641. The van der Waals surface area contributed by atoms with Crippen LogP contribution in [0, 0.1) is 0 Å². The molecule has 0 saturated carbocycles. The third-order valence-electron chi connectivity index (χ3n) is 3.10. The Morgan fingerprint density at radius 3 is 2.48 bits per heavy atom. The molecule has 1 heterocycles. The highest BCUT2D eigenvalue weighted by molar-refractivity contribution is 5.83. The summed E-state index contributed by atoms with van der Waals surface area (Å²) in [5, 5.41) is 8.24. The Morgan fingerprint density at radius 2 is 1.76 bits per heavy atom. The Balaban J connectivity index is 0.000000774. The summed E-state index contributed by atoms with van der Waals surface area (Å²) in [5.74, 6) is 0. The number of anilines is 1. The van der Waals surface area contributed by atoms with Crippen molar-refractivity contribution in [2.75, 3.05) is 5.73 Å². The minimum atomic E-state index is -0.160. The van der Waals surface area contributed by atoms with Gasteiger partial charge in [-0.3, -0.25) is 4.79 Å². The number of aromatic nitrogens is 2. The first-order valence-electron chi connectivity index (χ1n) is 7.05. The number of fused-ring (bicyclic) bond motifs is 1. The maximum Gasteiger partial charge on any atom is 0.272 e. The number of hydrogen-bond donors (Lipinski definition) is 2. The number of nitrogens with two attached hydrogens (primary N) is 1. The molecule has 2 aromatic carbocycles. The van der Waals surface area contributed by atoms with Crippen LogP contribution in [-0.4, -0.2) is 10.2 Å². The van der Waals surface area contributed by atoms with Gasteiger partial charge < -0.3 is 5.73 Å². The van der Waals surface area contributed by atoms with Gasteiger partial charge in [0.05, 0.1) is 11.1 Å². The van der Waals surface area contributed by atoms with Gasteiger partial charge in [-0.25, -0.2) is 5.10 Å². The molecule has 0 atom stereocenters. The van der Waals surface area contributed by atoms with Gasteiger partial charge in [-0.1, -0.05) is 44.2 Å². The van der Waals surface area contributed by atoms with Crippen LogP contribution in [0.15, 0.2) is 53.3 Å². The van der Waals surface area contributed by atoms with Crippen molar-refractivity contribution in [2.45, 2.75) is 20.3 Å². The molecule has 0 aliphatic carbocycles. The number of nitrogen functional groups attached to an aromatic ring is 1. The van der Waals surface area contributed by atoms with Gasteiger partial charge in [0.25, 0.3) is 5.56 Å². The van der Waals surface area contributed by atoms with E-state index < -0.39 is 0 Å². The zero-order chi connectivity index (χ0) is 15.2. The highest BCUT2D eigenvalue weighted by atomic mass is 16.1. The average molecular weight is 281 g/mol. The lowest BCUT2D eigenvalue weighted by molar-refractivity contribution is 0.934. The summed E-state index contributed by atoms with van der Waals surface area (Å²) < 4.78 is 0. The summed E-state index contributed by atoms with van der Waals surface area (Å²) in [5.41, 5.74) is 8.26. The molecule has 3 N–H and O–H groups in total. The number of hydrogen-bond acceptors (Lipinski definition) is 3. The first-order valence-corrected chi connectivity index (χ1v) is 7.05. The number of nitrogens with one attached hydrogen (secondary N) is 1. The van der Waals surface area contributed by atoms with Crippen molar-refractivity contribution in [1.82, 2.24) is 10.2 Å². The van der Waals surface area contributed by atoms with E-state index in [1.807, 2.05) is 56.3 Å². The third-order valence-corrected chi connectivity index (χ3v) is 3.10. The van der Waals surface area contributed by atoms with Crippen molar-refractivity contribution < 1.29 is 0 Å². The highest BCUT2D eigenvalue weighted by Crippen LogP contribution is 2.17. The SMILES string of the molecule is CC.Nc1cccc(Cc2n[nH]c(=O)c3ccccc23)c1. The molecular weight excluding hydrogens is 262 g/mol. The Hall–Kier alpha value is -2.62. The first-order chi connectivity index (χ1) is 10.2. The van der Waals surface area contributed by atoms with Crippen LogP contribution in [0.4, 0.5) is 5.69 Å². The van der Waals surface area contributed by atoms with Crippen molar-refractivity contribution >= 4 is 16.5 Å². The highest BCUT2D eigenvalue weighted by Gasteiger charge is 2.06. The van der Waals surface area contributed by atoms with Crippen LogP contribution in [0.1, 0.15) is 25.1 Å². The fraction of sp³-hybridized carbons (Fsp3) is 0.176. The van der Waals surface area contributed by atoms with Crippen LogP contribution in [0.5, 0.6) is 0 Å². The molecule has 21 heavy (non-hydrogen) atoms. The van der Waals surface area contributed by atoms with Gasteiger partial charge >= 0.3 is 0 Å². The largest absolute Gasteiger partial charge is 0.399 e. The zero-order valence-corrected chi connectivity index (χ0v) is 12.3. The number of rotatable bonds is 2. The Labute approximate surface area is 123 Å². The average Bonchev–Trinajstić information content (AvgIpc) is 2.52. The monoisotopic (exact) mass is 281 g/mol. The molecular formula is C17H19N3O. The summed E-state index contributed by atoms with van der Waals surface area (Å²) >= 11 is 0. The molecule has 3 aromatic rings. The minimum absolute atomic E-state index is 0.160. The van der Waals surface area contributed by atoms with E-state index in [1.54, 1.807) is 6.07 Å². The van der Waals surface area contributed by atoms with Gasteiger partial charge in [-0.15, -0.1) is 0 Å². The van der Waals surface area contributed by atoms with E-state index in [2.05, 4.69) is 10.2 Å². The van der Waals surface area contributed by atoms with E-state index in [0.29, 0.717) is 11.8 Å². The number of aromatic amines is 1. The van der Waals surface area contributed by atoms with Crippen molar-refractivity contribution in [2.24, 2.45) is 0 Å². The van der Waals surface area contributed by atoms with E-state index in [4.69, 9.17) is 5.73 Å². The topological polar surface area (TPSA) is 71.8 Å². The van der Waals surface area contributed by atoms with Gasteiger partial charge in [0.2, 0.25) is 0 Å². The van der Waals surface area contributed by atoms with Crippen LogP contribution in [0.3, 0.4) is 0 Å². The molecule has 4 nitrogen and oxygen atoms in total. The molecule has 0 radical (unpaired) electrons. The van der Waals surface area contributed by atoms with E-state index in [0.717, 1.165) is 22.3 Å². The maximum absolute atomic E-state index is 11.7. The summed E-state index contributed by atoms with van der Waals surface area (Å²) in [6.45, 7) is 4.00. The lowest BCUT2D eigenvalue weighted by atomic mass is 10.0. The maximum atomic E-state index is 11.7. The second-order valence-corrected chi connectivity index (χ2v) is 4.47. The van der Waals surface area contributed by atoms with Gasteiger partial charge in [-0.05, 0) is 23.8 Å². The predicted octanol–water partition coefficient (Wildman–Crippen LogP) is 3.12. The molecule has 0 saturated heterocycles. The normalized spacial score (nSPS) is 10.0. The van der Waals surface area contributed by atoms with E-state index in [-0.39, 0.29) is 5.56 Å². The first kappa shape index (κ1) is 14.8. The Morgan fingerprint density at radius 1 is 1.05 bits per heavy atom. The van der Waals surface area contributed by atoms with Crippen molar-refractivity contribution in [3.8, 4) is 0 Å². The van der Waals surface area contributed by atoms with Crippen LogP contribution in [0.25, 0.3) is 10.8 Å². The number of benzene rings is 2. The third kappa shape index (κ3) is 3.28. The zero-order valence-electron chi connectivity index (χ0n) is 12.3. The molecule has 4 heteroatoms. The van der Waals surface area contributed by atoms with Crippen molar-refractivity contribution in [3.63, 3.8) is 0 Å². The molecule has 0 aliphatic rings. The number of H-pyrrole nitrogens is 1. The second-order valence-electron chi connectivity index (χ2n) is 4.47. The molecule has 0 fully saturated rings. The smallest absolute Gasteiger partial charge is 0.272 e. The fourth-order valence-corrected chi connectivity index (χ4v) is 2.20. The molecule has 0 unspecified atom stereocenters. The fourth-order valence-electron chi connectivity index (χ4n) is 2.20. The van der Waals surface area contributed by atoms with Crippen LogP contribution in [0.2, 0.25) is 0 Å². The summed E-state index contributed by atoms with van der Waals surface area (Å²) in [6, 6.07) is 15.2. The quantitative estimate of drug-likeness (QED) is 0.709. The summed E-state index contributed by atoms with van der Waals surface area (Å²) in [7, 11) is 0. The molecule has 108 valence electrons. The molecule has 1 aromatic heterocycles. The molecule has 3 rings (SSSR count). The van der Waals surface area contributed by atoms with Gasteiger partial charge in [0, 0.05) is 17.5 Å². The molecule has 0 amide bonds. The number of nitrogens with zero attached hydrogens (tertiary/aromatic N) is 1. The Bertz CT molecular complexity index is 793. The molecule has 0 aliphatic heterocycles. The minimum Gasteiger partial charge on any atom is -0.399 e. The Kier molecular flexibility index (Phi) is 4.72. The van der Waals surface area contributed by atoms with E-state index >= 15 is 0 Å². The van der Waals surface area contributed by atoms with Crippen LogP contribution >= 0.6 is 0 Å². The van der Waals surface area contributed by atoms with Crippen LogP contribution < -0.4 is 11.3 Å². The standard InChI is InChI=1S/C15H13N3O.C2H6/c16-11-5-3-4-10(8-11)9-14-12-6-1-2-7-13(12)15(19)18-17-14;1-2/h1-8H,9,16H2,(H,18,19);1-2H3. The lowest BCUT2D eigenvalue weighted by Crippen LogP contribution is -2.11. The summed E-state index contributed by atoms with van der Waals surface area (Å²) in [4.78, 5) is 11.7.